The number of alkyl halides is 2. The van der Waals surface area contributed by atoms with Gasteiger partial charge in [-0.1, -0.05) is 23.4 Å². The average molecular weight is 414 g/mol. The van der Waals surface area contributed by atoms with Crippen molar-refractivity contribution in [1.82, 2.24) is 0 Å². The van der Waals surface area contributed by atoms with E-state index in [4.69, 9.17) is 21.1 Å². The Labute approximate surface area is 165 Å². The van der Waals surface area contributed by atoms with Crippen LogP contribution in [0.4, 0.5) is 14.5 Å². The summed E-state index contributed by atoms with van der Waals surface area (Å²) in [4.78, 5) is 12.9. The summed E-state index contributed by atoms with van der Waals surface area (Å²) in [6, 6.07) is 10.9. The van der Waals surface area contributed by atoms with Crippen molar-refractivity contribution in [2.75, 3.05) is 18.5 Å². The maximum atomic E-state index is 12.5. The van der Waals surface area contributed by atoms with Crippen LogP contribution in [0.2, 0.25) is 5.02 Å². The topological polar surface area (TPSA) is 47.6 Å². The summed E-state index contributed by atoms with van der Waals surface area (Å²) in [5.74, 6) is -2.39. The number of ether oxygens (including phenoxy) is 2. The fourth-order valence-electron chi connectivity index (χ4n) is 2.67. The summed E-state index contributed by atoms with van der Waals surface area (Å²) in [5, 5.41) is 3.22. The first-order valence-electron chi connectivity index (χ1n) is 8.41. The maximum absolute atomic E-state index is 12.5. The molecule has 2 aromatic rings. The largest absolute Gasteiger partial charge is 0.489 e. The van der Waals surface area contributed by atoms with Crippen molar-refractivity contribution in [3.8, 4) is 5.75 Å². The zero-order chi connectivity index (χ0) is 19.2. The Hall–Kier alpha value is -1.83. The third kappa shape index (κ3) is 5.82. The predicted octanol–water partition coefficient (Wildman–Crippen LogP) is 5.46. The van der Waals surface area contributed by atoms with Crippen molar-refractivity contribution in [3.05, 3.63) is 53.1 Å². The van der Waals surface area contributed by atoms with E-state index in [1.165, 1.54) is 24.3 Å². The van der Waals surface area contributed by atoms with Crippen molar-refractivity contribution < 1.29 is 23.0 Å². The van der Waals surface area contributed by atoms with Crippen LogP contribution in [0.3, 0.4) is 0 Å². The van der Waals surface area contributed by atoms with E-state index in [2.05, 4.69) is 5.32 Å². The highest BCUT2D eigenvalue weighted by molar-refractivity contribution is 7.99. The third-order valence-electron chi connectivity index (χ3n) is 3.98. The summed E-state index contributed by atoms with van der Waals surface area (Å²) in [7, 11) is 0. The molecule has 8 heteroatoms. The first-order chi connectivity index (χ1) is 13.0. The van der Waals surface area contributed by atoms with Crippen molar-refractivity contribution in [2.45, 2.75) is 29.6 Å². The van der Waals surface area contributed by atoms with E-state index >= 15 is 0 Å². The number of anilines is 1. The van der Waals surface area contributed by atoms with Gasteiger partial charge in [0.2, 0.25) is 0 Å². The highest BCUT2D eigenvalue weighted by Crippen LogP contribution is 2.30. The number of amides is 1. The van der Waals surface area contributed by atoms with Gasteiger partial charge in [0.1, 0.15) is 12.4 Å². The number of benzene rings is 2. The van der Waals surface area contributed by atoms with E-state index in [-0.39, 0.29) is 12.0 Å². The molecule has 144 valence electrons. The lowest BCUT2D eigenvalue weighted by atomic mass is 10.2. The van der Waals surface area contributed by atoms with Crippen LogP contribution in [0, 0.1) is 0 Å². The smallest absolute Gasteiger partial charge is 0.288 e. The monoisotopic (exact) mass is 413 g/mol. The summed E-state index contributed by atoms with van der Waals surface area (Å²) >= 11 is 6.47. The molecule has 1 unspecified atom stereocenters. The van der Waals surface area contributed by atoms with Crippen LogP contribution in [0.15, 0.2) is 47.4 Å². The van der Waals surface area contributed by atoms with Gasteiger partial charge >= 0.3 is 0 Å². The number of carbonyl (C=O) groups is 1. The molecule has 1 saturated heterocycles. The van der Waals surface area contributed by atoms with Gasteiger partial charge in [-0.3, -0.25) is 4.79 Å². The minimum absolute atomic E-state index is 0.0455. The van der Waals surface area contributed by atoms with Gasteiger partial charge in [-0.05, 0) is 55.3 Å². The Bertz CT molecular complexity index is 783. The Morgan fingerprint density at radius 1 is 1.30 bits per heavy atom. The van der Waals surface area contributed by atoms with Crippen molar-refractivity contribution in [3.63, 3.8) is 0 Å². The molecule has 0 spiro atoms. The van der Waals surface area contributed by atoms with Gasteiger partial charge in [-0.25, -0.2) is 0 Å². The molecule has 1 amide bonds. The Kier molecular flexibility index (Phi) is 6.93. The molecule has 1 aliphatic rings. The standard InChI is InChI=1S/C19H18ClF2NO3S/c20-13-5-8-17(26-11-14-2-1-9-25-14)16(10-13)23-18(24)12-3-6-15(7-4-12)27-19(21)22/h3-8,10,14,19H,1-2,9,11H2,(H,23,24). The van der Waals surface area contributed by atoms with Crippen molar-refractivity contribution in [2.24, 2.45) is 0 Å². The van der Waals surface area contributed by atoms with Crippen LogP contribution in [0.5, 0.6) is 5.75 Å². The maximum Gasteiger partial charge on any atom is 0.288 e. The molecule has 0 aromatic heterocycles. The lowest BCUT2D eigenvalue weighted by Gasteiger charge is -2.15. The van der Waals surface area contributed by atoms with E-state index in [1.807, 2.05) is 0 Å². The molecule has 0 bridgehead atoms. The number of hydrogen-bond acceptors (Lipinski definition) is 4. The van der Waals surface area contributed by atoms with Gasteiger partial charge in [0, 0.05) is 22.1 Å². The molecule has 0 radical (unpaired) electrons. The summed E-state index contributed by atoms with van der Waals surface area (Å²) in [5.41, 5.74) is 0.787. The number of carbonyl (C=O) groups excluding carboxylic acids is 1. The first-order valence-corrected chi connectivity index (χ1v) is 9.67. The molecular weight excluding hydrogens is 396 g/mol. The lowest BCUT2D eigenvalue weighted by molar-refractivity contribution is 0.0682. The second-order valence-corrected chi connectivity index (χ2v) is 7.44. The Morgan fingerprint density at radius 2 is 2.07 bits per heavy atom. The number of nitrogens with one attached hydrogen (secondary N) is 1. The molecule has 0 aliphatic carbocycles. The lowest BCUT2D eigenvalue weighted by Crippen LogP contribution is -2.18. The molecule has 1 heterocycles. The molecule has 1 N–H and O–H groups in total. The highest BCUT2D eigenvalue weighted by atomic mass is 35.5. The molecule has 2 aromatic carbocycles. The molecule has 1 fully saturated rings. The van der Waals surface area contributed by atoms with Crippen LogP contribution in [0.25, 0.3) is 0 Å². The molecule has 4 nitrogen and oxygen atoms in total. The SMILES string of the molecule is O=C(Nc1cc(Cl)ccc1OCC1CCCO1)c1ccc(SC(F)F)cc1. The molecule has 3 rings (SSSR count). The number of rotatable bonds is 7. The minimum atomic E-state index is -2.50. The summed E-state index contributed by atoms with van der Waals surface area (Å²) in [6.07, 6.45) is 2.00. The molecule has 0 saturated carbocycles. The van der Waals surface area contributed by atoms with E-state index in [0.717, 1.165) is 19.4 Å². The van der Waals surface area contributed by atoms with Crippen molar-refractivity contribution >= 4 is 35.0 Å². The predicted molar refractivity (Wildman–Crippen MR) is 102 cm³/mol. The normalized spacial score (nSPS) is 16.5. The molecule has 1 aliphatic heterocycles. The second kappa shape index (κ2) is 9.39. The van der Waals surface area contributed by atoms with Crippen LogP contribution in [-0.4, -0.2) is 31.0 Å². The summed E-state index contributed by atoms with van der Waals surface area (Å²) < 4.78 is 36.1. The van der Waals surface area contributed by atoms with Gasteiger partial charge in [0.15, 0.2) is 0 Å². The van der Waals surface area contributed by atoms with E-state index in [0.29, 0.717) is 45.3 Å². The number of hydrogen-bond donors (Lipinski definition) is 1. The average Bonchev–Trinajstić information content (AvgIpc) is 3.14. The molecule has 27 heavy (non-hydrogen) atoms. The van der Waals surface area contributed by atoms with Crippen LogP contribution in [0.1, 0.15) is 23.2 Å². The van der Waals surface area contributed by atoms with Gasteiger partial charge in [0.25, 0.3) is 11.7 Å². The minimum Gasteiger partial charge on any atom is -0.489 e. The Morgan fingerprint density at radius 3 is 2.74 bits per heavy atom. The summed E-state index contributed by atoms with van der Waals surface area (Å²) in [6.45, 7) is 1.13. The van der Waals surface area contributed by atoms with Crippen molar-refractivity contribution in [1.29, 1.82) is 0 Å². The zero-order valence-corrected chi connectivity index (χ0v) is 15.9. The molecular formula is C19H18ClF2NO3S. The Balaban J connectivity index is 1.67. The molecule has 1 atom stereocenters. The quantitative estimate of drug-likeness (QED) is 0.612. The van der Waals surface area contributed by atoms with E-state index in [1.54, 1.807) is 18.2 Å². The van der Waals surface area contributed by atoms with E-state index in [9.17, 15) is 13.6 Å². The van der Waals surface area contributed by atoms with Crippen LogP contribution < -0.4 is 10.1 Å². The van der Waals surface area contributed by atoms with Gasteiger partial charge in [-0.2, -0.15) is 8.78 Å². The fourth-order valence-corrected chi connectivity index (χ4v) is 3.34. The van der Waals surface area contributed by atoms with Crippen LogP contribution >= 0.6 is 23.4 Å². The van der Waals surface area contributed by atoms with Crippen LogP contribution in [-0.2, 0) is 4.74 Å². The third-order valence-corrected chi connectivity index (χ3v) is 4.94. The van der Waals surface area contributed by atoms with Gasteiger partial charge < -0.3 is 14.8 Å². The van der Waals surface area contributed by atoms with Gasteiger partial charge in [-0.15, -0.1) is 0 Å². The van der Waals surface area contributed by atoms with Gasteiger partial charge in [0.05, 0.1) is 11.8 Å². The zero-order valence-electron chi connectivity index (χ0n) is 14.3. The first kappa shape index (κ1) is 19.9. The number of halogens is 3. The second-order valence-electron chi connectivity index (χ2n) is 5.94. The fraction of sp³-hybridized carbons (Fsp3) is 0.316. The highest BCUT2D eigenvalue weighted by Gasteiger charge is 2.18. The van der Waals surface area contributed by atoms with E-state index < -0.39 is 5.76 Å². The number of thioether (sulfide) groups is 1.